The minimum absolute atomic E-state index is 0. The van der Waals surface area contributed by atoms with Crippen molar-refractivity contribution in [3.8, 4) is 5.75 Å². The molecule has 2 N–H and O–H groups in total. The summed E-state index contributed by atoms with van der Waals surface area (Å²) in [6.07, 6.45) is 3.46. The summed E-state index contributed by atoms with van der Waals surface area (Å²) in [6.45, 7) is 12.0. The highest BCUT2D eigenvalue weighted by Gasteiger charge is 2.20. The van der Waals surface area contributed by atoms with Crippen LogP contribution in [-0.4, -0.2) is 49.1 Å². The Bertz CT molecular complexity index is 849. The number of halogens is 1. The molecule has 0 amide bonds. The van der Waals surface area contributed by atoms with Gasteiger partial charge in [-0.25, -0.2) is 9.98 Å². The van der Waals surface area contributed by atoms with E-state index in [1.54, 1.807) is 18.4 Å². The number of thiazole rings is 1. The maximum atomic E-state index is 5.52. The summed E-state index contributed by atoms with van der Waals surface area (Å²) in [7, 11) is 1.72. The molecule has 1 aliphatic rings. The van der Waals surface area contributed by atoms with Crippen molar-refractivity contribution < 1.29 is 4.74 Å². The van der Waals surface area contributed by atoms with Gasteiger partial charge in [-0.05, 0) is 63.7 Å². The van der Waals surface area contributed by atoms with E-state index in [0.717, 1.165) is 56.4 Å². The Morgan fingerprint density at radius 1 is 1.25 bits per heavy atom. The number of aryl methyl sites for hydroxylation is 2. The van der Waals surface area contributed by atoms with Gasteiger partial charge in [-0.15, -0.1) is 35.3 Å². The number of hydrogen-bond acceptors (Lipinski definition) is 5. The van der Waals surface area contributed by atoms with Crippen LogP contribution in [0.2, 0.25) is 0 Å². The summed E-state index contributed by atoms with van der Waals surface area (Å²) in [4.78, 5) is 12.0. The smallest absolute Gasteiger partial charge is 0.191 e. The fourth-order valence-electron chi connectivity index (χ4n) is 3.89. The largest absolute Gasteiger partial charge is 0.496 e. The van der Waals surface area contributed by atoms with Crippen LogP contribution in [-0.2, 0) is 19.5 Å². The number of hydrogen-bond donors (Lipinski definition) is 2. The molecule has 0 aliphatic carbocycles. The predicted molar refractivity (Wildman–Crippen MR) is 145 cm³/mol. The zero-order valence-electron chi connectivity index (χ0n) is 19.8. The standard InChI is InChI=1S/C24H37N5OS.HI/c1-5-23-28-21(17-31-23)16-29-11-9-19(10-12-29)14-26-24(25-6-2)27-15-20-8-7-18(3)13-22(20)30-4;/h7-8,13,17,19H,5-6,9-12,14-16H2,1-4H3,(H2,25,26,27);1H. The van der Waals surface area contributed by atoms with Crippen LogP contribution in [0, 0.1) is 12.8 Å². The predicted octanol–water partition coefficient (Wildman–Crippen LogP) is 4.61. The second-order valence-electron chi connectivity index (χ2n) is 8.20. The lowest BCUT2D eigenvalue weighted by atomic mass is 9.97. The van der Waals surface area contributed by atoms with Gasteiger partial charge in [0, 0.05) is 30.6 Å². The number of guanidine groups is 1. The Balaban J connectivity index is 0.00000363. The minimum Gasteiger partial charge on any atom is -0.496 e. The Hall–Kier alpha value is -1.39. The van der Waals surface area contributed by atoms with Crippen molar-refractivity contribution in [2.75, 3.05) is 33.3 Å². The molecule has 1 aromatic heterocycles. The maximum Gasteiger partial charge on any atom is 0.191 e. The molecule has 178 valence electrons. The lowest BCUT2D eigenvalue weighted by Gasteiger charge is -2.31. The third-order valence-corrected chi connectivity index (χ3v) is 6.79. The van der Waals surface area contributed by atoms with Crippen molar-refractivity contribution in [1.29, 1.82) is 0 Å². The molecule has 0 spiro atoms. The normalized spacial score (nSPS) is 15.3. The zero-order valence-corrected chi connectivity index (χ0v) is 23.0. The van der Waals surface area contributed by atoms with Gasteiger partial charge in [-0.2, -0.15) is 0 Å². The van der Waals surface area contributed by atoms with Crippen LogP contribution in [0.15, 0.2) is 28.6 Å². The number of nitrogens with zero attached hydrogens (tertiary/aromatic N) is 3. The monoisotopic (exact) mass is 571 g/mol. The highest BCUT2D eigenvalue weighted by Crippen LogP contribution is 2.21. The van der Waals surface area contributed by atoms with E-state index in [1.807, 2.05) is 0 Å². The molecule has 3 rings (SSSR count). The van der Waals surface area contributed by atoms with Crippen LogP contribution >= 0.6 is 35.3 Å². The van der Waals surface area contributed by atoms with Crippen LogP contribution in [0.3, 0.4) is 0 Å². The maximum absolute atomic E-state index is 5.52. The molecular weight excluding hydrogens is 533 g/mol. The SMILES string of the molecule is CCNC(=NCc1ccc(C)cc1OC)NCC1CCN(Cc2csc(CC)n2)CC1.I. The Labute approximate surface area is 214 Å². The number of ether oxygens (including phenoxy) is 1. The first-order valence-electron chi connectivity index (χ1n) is 11.4. The molecule has 0 radical (unpaired) electrons. The Morgan fingerprint density at radius 2 is 2.03 bits per heavy atom. The van der Waals surface area contributed by atoms with Crippen LogP contribution in [0.5, 0.6) is 5.75 Å². The van der Waals surface area contributed by atoms with Crippen molar-refractivity contribution in [2.24, 2.45) is 10.9 Å². The van der Waals surface area contributed by atoms with E-state index in [1.165, 1.54) is 29.1 Å². The summed E-state index contributed by atoms with van der Waals surface area (Å²) < 4.78 is 5.52. The van der Waals surface area contributed by atoms with E-state index in [0.29, 0.717) is 12.5 Å². The van der Waals surface area contributed by atoms with Crippen LogP contribution in [0.25, 0.3) is 0 Å². The highest BCUT2D eigenvalue weighted by atomic mass is 127. The van der Waals surface area contributed by atoms with Gasteiger partial charge in [0.25, 0.3) is 0 Å². The van der Waals surface area contributed by atoms with Crippen molar-refractivity contribution in [2.45, 2.75) is 53.1 Å². The Morgan fingerprint density at radius 3 is 2.69 bits per heavy atom. The molecule has 8 heteroatoms. The number of nitrogens with one attached hydrogen (secondary N) is 2. The van der Waals surface area contributed by atoms with Crippen LogP contribution < -0.4 is 15.4 Å². The van der Waals surface area contributed by atoms with Crippen LogP contribution in [0.4, 0.5) is 0 Å². The second kappa shape index (κ2) is 14.0. The summed E-state index contributed by atoms with van der Waals surface area (Å²) in [5.41, 5.74) is 3.53. The first-order valence-corrected chi connectivity index (χ1v) is 12.3. The molecule has 0 unspecified atom stereocenters. The Kier molecular flexibility index (Phi) is 11.7. The van der Waals surface area contributed by atoms with Gasteiger partial charge in [0.1, 0.15) is 5.75 Å². The number of aromatic nitrogens is 1. The molecular formula is C24H38IN5OS. The van der Waals surface area contributed by atoms with E-state index in [9.17, 15) is 0 Å². The van der Waals surface area contributed by atoms with E-state index in [2.05, 4.69) is 59.9 Å². The number of methoxy groups -OCH3 is 1. The average molecular weight is 572 g/mol. The summed E-state index contributed by atoms with van der Waals surface area (Å²) in [5, 5.41) is 10.4. The molecule has 0 saturated carbocycles. The third-order valence-electron chi connectivity index (χ3n) is 5.75. The highest BCUT2D eigenvalue weighted by molar-refractivity contribution is 14.0. The topological polar surface area (TPSA) is 61.8 Å². The third kappa shape index (κ3) is 8.19. The lowest BCUT2D eigenvalue weighted by Crippen LogP contribution is -2.42. The summed E-state index contributed by atoms with van der Waals surface area (Å²) in [5.74, 6) is 2.45. The fraction of sp³-hybridized carbons (Fsp3) is 0.583. The minimum atomic E-state index is 0. The molecule has 2 aromatic rings. The van der Waals surface area contributed by atoms with Gasteiger partial charge in [0.2, 0.25) is 0 Å². The summed E-state index contributed by atoms with van der Waals surface area (Å²) >= 11 is 1.78. The van der Waals surface area contributed by atoms with Gasteiger partial charge >= 0.3 is 0 Å². The van der Waals surface area contributed by atoms with E-state index < -0.39 is 0 Å². The molecule has 1 aliphatic heterocycles. The molecule has 0 atom stereocenters. The molecule has 1 fully saturated rings. The van der Waals surface area contributed by atoms with Gasteiger partial charge in [0.15, 0.2) is 5.96 Å². The van der Waals surface area contributed by atoms with Gasteiger partial charge in [-0.1, -0.05) is 19.1 Å². The van der Waals surface area contributed by atoms with E-state index >= 15 is 0 Å². The van der Waals surface area contributed by atoms with Gasteiger partial charge < -0.3 is 15.4 Å². The summed E-state index contributed by atoms with van der Waals surface area (Å²) in [6, 6.07) is 6.27. The number of piperidine rings is 1. The van der Waals surface area contributed by atoms with Gasteiger partial charge in [-0.3, -0.25) is 4.90 Å². The van der Waals surface area contributed by atoms with E-state index in [4.69, 9.17) is 14.7 Å². The second-order valence-corrected chi connectivity index (χ2v) is 9.14. The molecule has 2 heterocycles. The molecule has 1 saturated heterocycles. The number of rotatable bonds is 9. The van der Waals surface area contributed by atoms with Crippen LogP contribution in [0.1, 0.15) is 48.5 Å². The van der Waals surface area contributed by atoms with Crippen molar-refractivity contribution >= 4 is 41.3 Å². The number of likely N-dealkylation sites (tertiary alicyclic amines) is 1. The fourth-order valence-corrected chi connectivity index (χ4v) is 4.63. The first kappa shape index (κ1) is 26.9. The number of aliphatic imine (C=N–C) groups is 1. The molecule has 1 aromatic carbocycles. The zero-order chi connectivity index (χ0) is 22.1. The van der Waals surface area contributed by atoms with Crippen molar-refractivity contribution in [1.82, 2.24) is 20.5 Å². The quantitative estimate of drug-likeness (QED) is 0.262. The van der Waals surface area contributed by atoms with Crippen molar-refractivity contribution in [3.05, 3.63) is 45.4 Å². The molecule has 6 nitrogen and oxygen atoms in total. The average Bonchev–Trinajstić information content (AvgIpc) is 3.24. The van der Waals surface area contributed by atoms with E-state index in [-0.39, 0.29) is 24.0 Å². The molecule has 0 bridgehead atoms. The first-order chi connectivity index (χ1) is 15.1. The molecule has 32 heavy (non-hydrogen) atoms. The van der Waals surface area contributed by atoms with Gasteiger partial charge in [0.05, 0.1) is 24.4 Å². The lowest BCUT2D eigenvalue weighted by molar-refractivity contribution is 0.176. The number of benzene rings is 1. The van der Waals surface area contributed by atoms with Crippen molar-refractivity contribution in [3.63, 3.8) is 0 Å².